The Morgan fingerprint density at radius 3 is 2.68 bits per heavy atom. The largest absolute Gasteiger partial charge is 0.337 e. The van der Waals surface area contributed by atoms with Crippen molar-refractivity contribution < 1.29 is 0 Å². The number of imidazole rings is 1. The smallest absolute Gasteiger partial charge is 0.159 e. The molecule has 4 rings (SSSR count). The minimum Gasteiger partial charge on any atom is -0.337 e. The summed E-state index contributed by atoms with van der Waals surface area (Å²) in [6, 6.07) is 7.95. The molecule has 1 aliphatic rings. The van der Waals surface area contributed by atoms with Crippen LogP contribution in [0, 0.1) is 12.8 Å². The van der Waals surface area contributed by atoms with Gasteiger partial charge in [0.05, 0.1) is 11.0 Å². The van der Waals surface area contributed by atoms with Crippen LogP contribution >= 0.6 is 0 Å². The number of aromatic amines is 2. The Kier molecular flexibility index (Phi) is 5.34. The Hall–Kier alpha value is -2.40. The molecule has 25 heavy (non-hydrogen) atoms. The van der Waals surface area contributed by atoms with Crippen molar-refractivity contribution in [2.24, 2.45) is 5.92 Å². The lowest BCUT2D eigenvalue weighted by Crippen LogP contribution is -2.27. The summed E-state index contributed by atoms with van der Waals surface area (Å²) in [5.41, 5.74) is 5.82. The fourth-order valence-corrected chi connectivity index (χ4v) is 3.21. The summed E-state index contributed by atoms with van der Waals surface area (Å²) in [6.07, 6.45) is 2.80. The van der Waals surface area contributed by atoms with Crippen LogP contribution in [0.25, 0.3) is 28.1 Å². The molecule has 0 bridgehead atoms. The molecule has 1 aromatic carbocycles. The molecule has 3 heterocycles. The lowest BCUT2D eigenvalue weighted by molar-refractivity contribution is 0.405. The maximum absolute atomic E-state index is 4.56. The number of rotatable bonds is 2. The van der Waals surface area contributed by atoms with E-state index in [1.165, 1.54) is 25.9 Å². The van der Waals surface area contributed by atoms with E-state index >= 15 is 0 Å². The molecule has 5 heteroatoms. The second-order valence-corrected chi connectivity index (χ2v) is 6.91. The van der Waals surface area contributed by atoms with Gasteiger partial charge in [-0.3, -0.25) is 5.10 Å². The van der Waals surface area contributed by atoms with E-state index in [1.54, 1.807) is 0 Å². The van der Waals surface area contributed by atoms with Gasteiger partial charge in [-0.1, -0.05) is 25.6 Å². The van der Waals surface area contributed by atoms with E-state index in [1.807, 2.05) is 38.1 Å². The number of hydrogen-bond acceptors (Lipinski definition) is 3. The average Bonchev–Trinajstić information content (AvgIpc) is 3.19. The number of allylic oxidation sites excluding steroid dienone is 1. The maximum atomic E-state index is 4.56. The first-order chi connectivity index (χ1) is 12.1. The van der Waals surface area contributed by atoms with Crippen LogP contribution in [0.3, 0.4) is 0 Å². The topological polar surface area (TPSA) is 69.4 Å². The van der Waals surface area contributed by atoms with Gasteiger partial charge in [0.2, 0.25) is 0 Å². The average molecular weight is 337 g/mol. The Balaban J connectivity index is 0.000000219. The van der Waals surface area contributed by atoms with Crippen LogP contribution in [-0.4, -0.2) is 33.3 Å². The van der Waals surface area contributed by atoms with Gasteiger partial charge in [0.15, 0.2) is 5.82 Å². The first kappa shape index (κ1) is 17.4. The molecule has 3 aromatic rings. The van der Waals surface area contributed by atoms with Gasteiger partial charge in [-0.2, -0.15) is 5.10 Å². The summed E-state index contributed by atoms with van der Waals surface area (Å²) in [4.78, 5) is 7.85. The summed E-state index contributed by atoms with van der Waals surface area (Å²) in [5.74, 6) is 1.70. The number of aromatic nitrogens is 4. The highest BCUT2D eigenvalue weighted by Gasteiger charge is 2.15. The van der Waals surface area contributed by atoms with Crippen molar-refractivity contribution in [2.45, 2.75) is 33.6 Å². The number of H-pyrrole nitrogens is 2. The second kappa shape index (κ2) is 7.66. The molecule has 0 amide bonds. The number of nitrogens with zero attached hydrogens (tertiary/aromatic N) is 2. The number of aryl methyl sites for hydroxylation is 1. The third kappa shape index (κ3) is 3.99. The summed E-state index contributed by atoms with van der Waals surface area (Å²) in [7, 11) is 0. The molecule has 0 aliphatic carbocycles. The third-order valence-electron chi connectivity index (χ3n) is 4.53. The molecular formula is C20H27N5. The molecule has 1 unspecified atom stereocenters. The minimum atomic E-state index is 0.776. The number of hydrogen-bond donors (Lipinski definition) is 3. The van der Waals surface area contributed by atoms with E-state index in [4.69, 9.17) is 0 Å². The number of nitrogens with one attached hydrogen (secondary N) is 3. The summed E-state index contributed by atoms with van der Waals surface area (Å²) in [6.45, 7) is 12.7. The lowest BCUT2D eigenvalue weighted by Gasteiger charge is -2.17. The van der Waals surface area contributed by atoms with E-state index in [2.05, 4.69) is 39.0 Å². The van der Waals surface area contributed by atoms with E-state index in [-0.39, 0.29) is 0 Å². The minimum absolute atomic E-state index is 0.776. The first-order valence-electron chi connectivity index (χ1n) is 8.93. The predicted octanol–water partition coefficient (Wildman–Crippen LogP) is 4.30. The zero-order valence-electron chi connectivity index (χ0n) is 15.3. The van der Waals surface area contributed by atoms with E-state index in [0.29, 0.717) is 0 Å². The molecule has 0 saturated carbocycles. The Morgan fingerprint density at radius 1 is 1.28 bits per heavy atom. The van der Waals surface area contributed by atoms with Crippen LogP contribution in [0.5, 0.6) is 0 Å². The van der Waals surface area contributed by atoms with Crippen LogP contribution in [-0.2, 0) is 0 Å². The van der Waals surface area contributed by atoms with E-state index in [0.717, 1.165) is 45.3 Å². The van der Waals surface area contributed by atoms with Gasteiger partial charge >= 0.3 is 0 Å². The van der Waals surface area contributed by atoms with Crippen molar-refractivity contribution in [3.8, 4) is 11.5 Å². The Labute approximate surface area is 149 Å². The monoisotopic (exact) mass is 337 g/mol. The summed E-state index contributed by atoms with van der Waals surface area (Å²) >= 11 is 0. The normalized spacial score (nSPS) is 17.2. The van der Waals surface area contributed by atoms with Gasteiger partial charge in [0, 0.05) is 11.3 Å². The zero-order valence-corrected chi connectivity index (χ0v) is 15.3. The van der Waals surface area contributed by atoms with Crippen LogP contribution in [0.4, 0.5) is 0 Å². The molecule has 0 spiro atoms. The van der Waals surface area contributed by atoms with Crippen molar-refractivity contribution in [3.63, 3.8) is 0 Å². The molecule has 2 aromatic heterocycles. The molecule has 3 N–H and O–H groups in total. The van der Waals surface area contributed by atoms with Gasteiger partial charge in [-0.25, -0.2) is 4.98 Å². The highest BCUT2D eigenvalue weighted by Crippen LogP contribution is 2.28. The second-order valence-electron chi connectivity index (χ2n) is 6.91. The lowest BCUT2D eigenvalue weighted by atomic mass is 10.0. The van der Waals surface area contributed by atoms with Crippen molar-refractivity contribution >= 4 is 16.6 Å². The van der Waals surface area contributed by atoms with Gasteiger partial charge in [-0.15, -0.1) is 0 Å². The fourth-order valence-electron chi connectivity index (χ4n) is 3.21. The molecular weight excluding hydrogens is 310 g/mol. The molecule has 132 valence electrons. The van der Waals surface area contributed by atoms with Gasteiger partial charge in [0.25, 0.3) is 0 Å². The van der Waals surface area contributed by atoms with Crippen molar-refractivity contribution in [3.05, 3.63) is 42.1 Å². The van der Waals surface area contributed by atoms with Gasteiger partial charge in [0.1, 0.15) is 5.69 Å². The molecule has 1 aliphatic heterocycles. The highest BCUT2D eigenvalue weighted by molar-refractivity contribution is 5.82. The van der Waals surface area contributed by atoms with Crippen LogP contribution in [0.15, 0.2) is 30.8 Å². The summed E-state index contributed by atoms with van der Waals surface area (Å²) < 4.78 is 0. The van der Waals surface area contributed by atoms with E-state index in [9.17, 15) is 0 Å². The van der Waals surface area contributed by atoms with Crippen LogP contribution < -0.4 is 5.32 Å². The number of piperidine rings is 1. The number of fused-ring (bicyclic) bond motifs is 1. The number of benzene rings is 1. The van der Waals surface area contributed by atoms with E-state index < -0.39 is 0 Å². The van der Waals surface area contributed by atoms with Crippen LogP contribution in [0.2, 0.25) is 0 Å². The zero-order chi connectivity index (χ0) is 17.8. The van der Waals surface area contributed by atoms with Crippen molar-refractivity contribution in [1.82, 2.24) is 25.5 Å². The summed E-state index contributed by atoms with van der Waals surface area (Å²) in [5, 5.41) is 10.6. The third-order valence-corrected chi connectivity index (χ3v) is 4.53. The van der Waals surface area contributed by atoms with Gasteiger partial charge in [-0.05, 0) is 63.4 Å². The van der Waals surface area contributed by atoms with Crippen molar-refractivity contribution in [1.29, 1.82) is 0 Å². The quantitative estimate of drug-likeness (QED) is 0.653. The highest BCUT2D eigenvalue weighted by atomic mass is 15.1. The molecule has 1 atom stereocenters. The van der Waals surface area contributed by atoms with Gasteiger partial charge < -0.3 is 10.3 Å². The Morgan fingerprint density at radius 2 is 2.08 bits per heavy atom. The molecule has 1 saturated heterocycles. The SMILES string of the molecule is C=C(C)c1c(-c2nc3ccccc3[nH]2)n[nH]c1C.CC1CCCNC1. The maximum Gasteiger partial charge on any atom is 0.159 e. The first-order valence-corrected chi connectivity index (χ1v) is 8.93. The molecule has 0 radical (unpaired) electrons. The number of para-hydroxylation sites is 2. The molecule has 5 nitrogen and oxygen atoms in total. The van der Waals surface area contributed by atoms with Crippen LogP contribution in [0.1, 0.15) is 37.9 Å². The van der Waals surface area contributed by atoms with Crippen molar-refractivity contribution in [2.75, 3.05) is 13.1 Å². The fraction of sp³-hybridized carbons (Fsp3) is 0.400. The standard InChI is InChI=1S/C14H14N4.C6H13N/c1-8(2)12-9(3)17-18-13(12)14-15-10-6-4-5-7-11(10)16-14;1-6-3-2-4-7-5-6/h4-7H,1H2,2-3H3,(H,15,16)(H,17,18);6-7H,2-5H2,1H3. The molecule has 1 fully saturated rings. The predicted molar refractivity (Wildman–Crippen MR) is 104 cm³/mol. The Bertz CT molecular complexity index is 819.